The molecule has 1 aromatic carbocycles. The fourth-order valence-electron chi connectivity index (χ4n) is 2.01. The molecule has 0 fully saturated rings. The number of nitrogens with two attached hydrogens (primary N) is 1. The predicted octanol–water partition coefficient (Wildman–Crippen LogP) is 1.93. The Morgan fingerprint density at radius 3 is 2.65 bits per heavy atom. The van der Waals surface area contributed by atoms with Gasteiger partial charge >= 0.3 is 5.69 Å². The van der Waals surface area contributed by atoms with Gasteiger partial charge < -0.3 is 21.0 Å². The second-order valence-electron chi connectivity index (χ2n) is 4.72. The van der Waals surface area contributed by atoms with Gasteiger partial charge in [0.15, 0.2) is 0 Å². The van der Waals surface area contributed by atoms with Crippen LogP contribution in [0.2, 0.25) is 0 Å². The normalized spacial score (nSPS) is 12.6. The number of aromatic nitrogens is 2. The minimum absolute atomic E-state index is 0.0831. The number of rotatable bonds is 5. The summed E-state index contributed by atoms with van der Waals surface area (Å²) in [5.41, 5.74) is 7.30. The molecule has 0 aliphatic rings. The average Bonchev–Trinajstić information content (AvgIpc) is 2.75. The molecule has 5 N–H and O–H groups in total. The quantitative estimate of drug-likeness (QED) is 0.668. The summed E-state index contributed by atoms with van der Waals surface area (Å²) in [7, 11) is 0. The Morgan fingerprint density at radius 2 is 2.05 bits per heavy atom. The third-order valence-electron chi connectivity index (χ3n) is 3.26. The number of halogens is 1. The largest absolute Gasteiger partial charge is 0.330 e. The van der Waals surface area contributed by atoms with Crippen molar-refractivity contribution in [3.63, 3.8) is 0 Å². The fraction of sp³-hybridized carbons (Fsp3) is 0.385. The van der Waals surface area contributed by atoms with Gasteiger partial charge in [-0.25, -0.2) is 4.79 Å². The van der Waals surface area contributed by atoms with Gasteiger partial charge in [0, 0.05) is 10.9 Å². The van der Waals surface area contributed by atoms with Crippen LogP contribution in [0.5, 0.6) is 0 Å². The summed E-state index contributed by atoms with van der Waals surface area (Å²) in [5.74, 6) is 0.102. The number of hydrogen-bond acceptors (Lipinski definition) is 3. The number of aromatic amines is 2. The van der Waals surface area contributed by atoms with Crippen LogP contribution in [0.15, 0.2) is 21.4 Å². The Hall–Kier alpha value is -1.60. The van der Waals surface area contributed by atoms with Crippen LogP contribution in [0.3, 0.4) is 0 Å². The maximum absolute atomic E-state index is 12.0. The van der Waals surface area contributed by atoms with Crippen LogP contribution < -0.4 is 16.7 Å². The summed E-state index contributed by atoms with van der Waals surface area (Å²) in [6.07, 6.45) is 1.26. The highest BCUT2D eigenvalue weighted by atomic mass is 79.9. The number of H-pyrrole nitrogens is 2. The monoisotopic (exact) mass is 340 g/mol. The van der Waals surface area contributed by atoms with Crippen molar-refractivity contribution >= 4 is 38.6 Å². The number of fused-ring (bicyclic) bond motifs is 1. The number of anilines is 1. The summed E-state index contributed by atoms with van der Waals surface area (Å²) >= 11 is 3.38. The van der Waals surface area contributed by atoms with Crippen LogP contribution in [0.4, 0.5) is 5.69 Å². The molecule has 6 nitrogen and oxygen atoms in total. The topological polar surface area (TPSA) is 104 Å². The van der Waals surface area contributed by atoms with Crippen molar-refractivity contribution in [2.45, 2.75) is 19.8 Å². The molecule has 108 valence electrons. The Kier molecular flexibility index (Phi) is 4.61. The molecule has 7 heteroatoms. The first-order valence-corrected chi connectivity index (χ1v) is 7.24. The third kappa shape index (κ3) is 3.29. The third-order valence-corrected chi connectivity index (χ3v) is 3.92. The van der Waals surface area contributed by atoms with Crippen molar-refractivity contribution in [1.82, 2.24) is 9.97 Å². The molecule has 20 heavy (non-hydrogen) atoms. The fourth-order valence-corrected chi connectivity index (χ4v) is 2.45. The summed E-state index contributed by atoms with van der Waals surface area (Å²) in [6, 6.07) is 3.47. The minimum Gasteiger partial charge on any atom is -0.330 e. The van der Waals surface area contributed by atoms with E-state index < -0.39 is 0 Å². The van der Waals surface area contributed by atoms with Crippen LogP contribution in [-0.4, -0.2) is 22.4 Å². The van der Waals surface area contributed by atoms with Crippen molar-refractivity contribution in [2.75, 3.05) is 11.9 Å². The highest BCUT2D eigenvalue weighted by Gasteiger charge is 2.13. The SMILES string of the molecule is CCC(CN)CC(=O)Nc1cc2[nH]c(=O)[nH]c2cc1Br. The van der Waals surface area contributed by atoms with Gasteiger partial charge in [-0.3, -0.25) is 4.79 Å². The molecule has 1 aromatic heterocycles. The van der Waals surface area contributed by atoms with Crippen molar-refractivity contribution in [3.8, 4) is 0 Å². The molecule has 1 amide bonds. The van der Waals surface area contributed by atoms with Gasteiger partial charge in [0.25, 0.3) is 0 Å². The molecule has 0 aliphatic carbocycles. The lowest BCUT2D eigenvalue weighted by molar-refractivity contribution is -0.117. The molecule has 0 radical (unpaired) electrons. The number of amides is 1. The van der Waals surface area contributed by atoms with Crippen LogP contribution in [-0.2, 0) is 4.79 Å². The molecule has 1 heterocycles. The smallest absolute Gasteiger partial charge is 0.323 e. The summed E-state index contributed by atoms with van der Waals surface area (Å²) in [5, 5.41) is 2.83. The molecule has 0 bridgehead atoms. The molecule has 2 rings (SSSR count). The van der Waals surface area contributed by atoms with E-state index in [9.17, 15) is 9.59 Å². The zero-order chi connectivity index (χ0) is 14.7. The van der Waals surface area contributed by atoms with Gasteiger partial charge in [0.1, 0.15) is 0 Å². The molecular formula is C13H17BrN4O2. The van der Waals surface area contributed by atoms with E-state index in [1.807, 2.05) is 6.92 Å². The minimum atomic E-state index is -0.274. The second-order valence-corrected chi connectivity index (χ2v) is 5.57. The molecular weight excluding hydrogens is 324 g/mol. The molecule has 0 saturated heterocycles. The van der Waals surface area contributed by atoms with E-state index in [1.165, 1.54) is 0 Å². The molecule has 2 aromatic rings. The van der Waals surface area contributed by atoms with E-state index >= 15 is 0 Å². The van der Waals surface area contributed by atoms with Crippen LogP contribution in [0, 0.1) is 5.92 Å². The van der Waals surface area contributed by atoms with E-state index in [1.54, 1.807) is 12.1 Å². The summed E-state index contributed by atoms with van der Waals surface area (Å²) in [6.45, 7) is 2.51. The standard InChI is InChI=1S/C13H17BrN4O2/c1-2-7(6-15)3-12(19)16-9-5-11-10(4-8(9)14)17-13(20)18-11/h4-5,7H,2-3,6,15H2,1H3,(H,16,19)(H2,17,18,20). The Morgan fingerprint density at radius 1 is 1.40 bits per heavy atom. The molecule has 0 saturated carbocycles. The van der Waals surface area contributed by atoms with E-state index in [-0.39, 0.29) is 17.5 Å². The van der Waals surface area contributed by atoms with Gasteiger partial charge in [0.05, 0.1) is 16.7 Å². The second kappa shape index (κ2) is 6.23. The van der Waals surface area contributed by atoms with Crippen molar-refractivity contribution in [1.29, 1.82) is 0 Å². The molecule has 1 unspecified atom stereocenters. The number of benzene rings is 1. The van der Waals surface area contributed by atoms with Gasteiger partial charge in [-0.15, -0.1) is 0 Å². The van der Waals surface area contributed by atoms with E-state index in [0.29, 0.717) is 29.7 Å². The van der Waals surface area contributed by atoms with Crippen molar-refractivity contribution in [3.05, 3.63) is 27.1 Å². The molecule has 1 atom stereocenters. The maximum Gasteiger partial charge on any atom is 0.323 e. The predicted molar refractivity (Wildman–Crippen MR) is 82.7 cm³/mol. The number of carbonyl (C=O) groups is 1. The lowest BCUT2D eigenvalue weighted by Gasteiger charge is -2.13. The highest BCUT2D eigenvalue weighted by molar-refractivity contribution is 9.10. The van der Waals surface area contributed by atoms with Gasteiger partial charge in [-0.2, -0.15) is 0 Å². The molecule has 0 spiro atoms. The Labute approximate surface area is 124 Å². The van der Waals surface area contributed by atoms with Crippen LogP contribution in [0.1, 0.15) is 19.8 Å². The molecule has 0 aliphatic heterocycles. The Balaban J connectivity index is 2.18. The lowest BCUT2D eigenvalue weighted by atomic mass is 10.0. The maximum atomic E-state index is 12.0. The number of imidazole rings is 1. The first-order chi connectivity index (χ1) is 9.53. The lowest BCUT2D eigenvalue weighted by Crippen LogP contribution is -2.21. The van der Waals surface area contributed by atoms with E-state index in [4.69, 9.17) is 5.73 Å². The van der Waals surface area contributed by atoms with Gasteiger partial charge in [-0.05, 0) is 40.5 Å². The summed E-state index contributed by atoms with van der Waals surface area (Å²) < 4.78 is 0.717. The average molecular weight is 341 g/mol. The zero-order valence-corrected chi connectivity index (χ0v) is 12.7. The first-order valence-electron chi connectivity index (χ1n) is 6.45. The number of nitrogens with one attached hydrogen (secondary N) is 3. The van der Waals surface area contributed by atoms with Gasteiger partial charge in [0.2, 0.25) is 5.91 Å². The zero-order valence-electron chi connectivity index (χ0n) is 11.1. The van der Waals surface area contributed by atoms with Gasteiger partial charge in [-0.1, -0.05) is 13.3 Å². The van der Waals surface area contributed by atoms with Crippen LogP contribution in [0.25, 0.3) is 11.0 Å². The summed E-state index contributed by atoms with van der Waals surface area (Å²) in [4.78, 5) is 28.5. The first kappa shape index (κ1) is 14.8. The van der Waals surface area contributed by atoms with Crippen LogP contribution >= 0.6 is 15.9 Å². The van der Waals surface area contributed by atoms with E-state index in [2.05, 4.69) is 31.2 Å². The number of hydrogen-bond donors (Lipinski definition) is 4. The van der Waals surface area contributed by atoms with E-state index in [0.717, 1.165) is 10.9 Å². The highest BCUT2D eigenvalue weighted by Crippen LogP contribution is 2.26. The Bertz CT molecular complexity index is 673. The number of carbonyl (C=O) groups excluding carboxylic acids is 1. The van der Waals surface area contributed by atoms with Crippen molar-refractivity contribution in [2.24, 2.45) is 11.7 Å². The van der Waals surface area contributed by atoms with Crippen molar-refractivity contribution < 1.29 is 4.79 Å².